The monoisotopic (exact) mass is 222 g/mol. The number of hydrogen-bond acceptors (Lipinski definition) is 4. The fraction of sp³-hybridized carbons (Fsp3) is 0.182. The molecule has 1 aromatic heterocycles. The first-order chi connectivity index (χ1) is 7.79. The molecule has 4 nitrogen and oxygen atoms in total. The van der Waals surface area contributed by atoms with E-state index in [9.17, 15) is 4.39 Å². The maximum Gasteiger partial charge on any atom is 0.174 e. The molecule has 2 aromatic rings. The fourth-order valence-electron chi connectivity index (χ4n) is 1.25. The van der Waals surface area contributed by atoms with Crippen LogP contribution in [0.3, 0.4) is 0 Å². The van der Waals surface area contributed by atoms with Crippen LogP contribution in [-0.4, -0.2) is 5.16 Å². The number of halogens is 1. The summed E-state index contributed by atoms with van der Waals surface area (Å²) in [7, 11) is 0. The quantitative estimate of drug-likeness (QED) is 0.857. The highest BCUT2D eigenvalue weighted by molar-refractivity contribution is 5.29. The van der Waals surface area contributed by atoms with Crippen LogP contribution in [-0.2, 0) is 13.2 Å². The van der Waals surface area contributed by atoms with Gasteiger partial charge >= 0.3 is 0 Å². The lowest BCUT2D eigenvalue weighted by Gasteiger charge is -2.06. The highest BCUT2D eigenvalue weighted by Gasteiger charge is 2.05. The summed E-state index contributed by atoms with van der Waals surface area (Å²) in [5, 5.41) is 3.52. The van der Waals surface area contributed by atoms with Gasteiger partial charge in [-0.3, -0.25) is 0 Å². The van der Waals surface area contributed by atoms with E-state index in [1.54, 1.807) is 18.2 Å². The van der Waals surface area contributed by atoms with Gasteiger partial charge in [0.15, 0.2) is 17.3 Å². The maximum absolute atomic E-state index is 13.4. The van der Waals surface area contributed by atoms with Crippen LogP contribution < -0.4 is 10.5 Å². The molecule has 0 unspecified atom stereocenters. The van der Waals surface area contributed by atoms with Crippen molar-refractivity contribution in [2.75, 3.05) is 0 Å². The van der Waals surface area contributed by atoms with E-state index in [0.717, 1.165) is 5.56 Å². The Kier molecular flexibility index (Phi) is 3.16. The molecule has 2 rings (SSSR count). The Morgan fingerprint density at radius 2 is 2.25 bits per heavy atom. The Balaban J connectivity index is 2.04. The SMILES string of the molecule is NCc1ccc(OCc2ccno2)c(F)c1. The number of rotatable bonds is 4. The van der Waals surface area contributed by atoms with Crippen LogP contribution in [0, 0.1) is 5.82 Å². The van der Waals surface area contributed by atoms with Crippen molar-refractivity contribution in [3.05, 3.63) is 47.6 Å². The van der Waals surface area contributed by atoms with Crippen molar-refractivity contribution in [2.45, 2.75) is 13.2 Å². The maximum atomic E-state index is 13.4. The molecule has 0 bridgehead atoms. The van der Waals surface area contributed by atoms with Gasteiger partial charge in [-0.1, -0.05) is 11.2 Å². The minimum atomic E-state index is -0.428. The third kappa shape index (κ3) is 2.38. The summed E-state index contributed by atoms with van der Waals surface area (Å²) >= 11 is 0. The second kappa shape index (κ2) is 4.76. The minimum absolute atomic E-state index is 0.152. The first-order valence-corrected chi connectivity index (χ1v) is 4.80. The highest BCUT2D eigenvalue weighted by atomic mass is 19.1. The fourth-order valence-corrected chi connectivity index (χ4v) is 1.25. The van der Waals surface area contributed by atoms with Crippen LogP contribution in [0.15, 0.2) is 35.0 Å². The molecule has 0 amide bonds. The van der Waals surface area contributed by atoms with Crippen molar-refractivity contribution in [3.8, 4) is 5.75 Å². The molecule has 0 spiro atoms. The lowest BCUT2D eigenvalue weighted by molar-refractivity contribution is 0.240. The van der Waals surface area contributed by atoms with Gasteiger partial charge in [-0.2, -0.15) is 0 Å². The molecule has 0 atom stereocenters. The second-order valence-electron chi connectivity index (χ2n) is 3.24. The van der Waals surface area contributed by atoms with Crippen LogP contribution in [0.4, 0.5) is 4.39 Å². The largest absolute Gasteiger partial charge is 0.482 e. The summed E-state index contributed by atoms with van der Waals surface area (Å²) in [4.78, 5) is 0. The van der Waals surface area contributed by atoms with E-state index in [-0.39, 0.29) is 12.4 Å². The molecule has 0 saturated heterocycles. The molecule has 0 aliphatic rings. The summed E-state index contributed by atoms with van der Waals surface area (Å²) < 4.78 is 23.5. The van der Waals surface area contributed by atoms with Crippen molar-refractivity contribution in [3.63, 3.8) is 0 Å². The zero-order valence-corrected chi connectivity index (χ0v) is 8.52. The highest BCUT2D eigenvalue weighted by Crippen LogP contribution is 2.19. The van der Waals surface area contributed by atoms with Gasteiger partial charge in [0, 0.05) is 12.6 Å². The standard InChI is InChI=1S/C11H11FN2O2/c12-10-5-8(6-13)1-2-11(10)15-7-9-3-4-14-16-9/h1-5H,6-7,13H2. The average Bonchev–Trinajstić information content (AvgIpc) is 2.80. The first-order valence-electron chi connectivity index (χ1n) is 4.80. The van der Waals surface area contributed by atoms with Crippen molar-refractivity contribution in [1.29, 1.82) is 0 Å². The van der Waals surface area contributed by atoms with Gasteiger partial charge in [-0.15, -0.1) is 0 Å². The molecular formula is C11H11FN2O2. The smallest absolute Gasteiger partial charge is 0.174 e. The van der Waals surface area contributed by atoms with Crippen LogP contribution in [0.1, 0.15) is 11.3 Å². The van der Waals surface area contributed by atoms with E-state index >= 15 is 0 Å². The van der Waals surface area contributed by atoms with E-state index < -0.39 is 5.82 Å². The molecule has 0 saturated carbocycles. The molecule has 0 aliphatic heterocycles. The van der Waals surface area contributed by atoms with E-state index in [1.807, 2.05) is 0 Å². The molecule has 5 heteroatoms. The number of hydrogen-bond donors (Lipinski definition) is 1. The Bertz CT molecular complexity index is 457. The summed E-state index contributed by atoms with van der Waals surface area (Å²) in [6.45, 7) is 0.457. The third-order valence-corrected chi connectivity index (χ3v) is 2.09. The molecule has 0 fully saturated rings. The van der Waals surface area contributed by atoms with Gasteiger partial charge in [0.2, 0.25) is 0 Å². The van der Waals surface area contributed by atoms with Gasteiger partial charge in [-0.05, 0) is 17.7 Å². The van der Waals surface area contributed by atoms with E-state index in [0.29, 0.717) is 12.3 Å². The topological polar surface area (TPSA) is 61.3 Å². The van der Waals surface area contributed by atoms with E-state index in [2.05, 4.69) is 5.16 Å². The lowest BCUT2D eigenvalue weighted by atomic mass is 10.2. The summed E-state index contributed by atoms with van der Waals surface area (Å²) in [5.74, 6) is 0.290. The number of nitrogens with two attached hydrogens (primary N) is 1. The van der Waals surface area contributed by atoms with E-state index in [4.69, 9.17) is 15.0 Å². The lowest BCUT2D eigenvalue weighted by Crippen LogP contribution is -2.00. The Morgan fingerprint density at radius 1 is 1.38 bits per heavy atom. The zero-order chi connectivity index (χ0) is 11.4. The van der Waals surface area contributed by atoms with Crippen LogP contribution in [0.5, 0.6) is 5.75 Å². The molecule has 0 radical (unpaired) electrons. The average molecular weight is 222 g/mol. The van der Waals surface area contributed by atoms with Gasteiger partial charge in [0.25, 0.3) is 0 Å². The molecule has 1 aromatic carbocycles. The number of ether oxygens (including phenoxy) is 1. The minimum Gasteiger partial charge on any atom is -0.482 e. The molecule has 0 aliphatic carbocycles. The van der Waals surface area contributed by atoms with Gasteiger partial charge in [0.1, 0.15) is 6.61 Å². The van der Waals surface area contributed by atoms with Crippen LogP contribution >= 0.6 is 0 Å². The second-order valence-corrected chi connectivity index (χ2v) is 3.24. The number of nitrogens with zero attached hydrogens (tertiary/aromatic N) is 1. The molecule has 84 valence electrons. The van der Waals surface area contributed by atoms with Crippen LogP contribution in [0.25, 0.3) is 0 Å². The molecule has 1 heterocycles. The van der Waals surface area contributed by atoms with Crippen LogP contribution in [0.2, 0.25) is 0 Å². The summed E-state index contributed by atoms with van der Waals surface area (Å²) in [5.41, 5.74) is 6.12. The summed E-state index contributed by atoms with van der Waals surface area (Å²) in [6.07, 6.45) is 1.51. The first kappa shape index (κ1) is 10.6. The molecule has 16 heavy (non-hydrogen) atoms. The number of benzene rings is 1. The van der Waals surface area contributed by atoms with Crippen molar-refractivity contribution >= 4 is 0 Å². The Hall–Kier alpha value is -1.88. The third-order valence-electron chi connectivity index (χ3n) is 2.09. The predicted molar refractivity (Wildman–Crippen MR) is 55.1 cm³/mol. The van der Waals surface area contributed by atoms with Crippen molar-refractivity contribution < 1.29 is 13.7 Å². The Morgan fingerprint density at radius 3 is 2.88 bits per heavy atom. The molecular weight excluding hydrogens is 211 g/mol. The van der Waals surface area contributed by atoms with Crippen molar-refractivity contribution in [1.82, 2.24) is 5.16 Å². The Labute approximate surface area is 91.8 Å². The van der Waals surface area contributed by atoms with E-state index in [1.165, 1.54) is 12.3 Å². The van der Waals surface area contributed by atoms with Gasteiger partial charge < -0.3 is 15.0 Å². The normalized spacial score (nSPS) is 10.4. The van der Waals surface area contributed by atoms with Crippen molar-refractivity contribution in [2.24, 2.45) is 5.73 Å². The number of aromatic nitrogens is 1. The zero-order valence-electron chi connectivity index (χ0n) is 8.52. The molecule has 2 N–H and O–H groups in total. The predicted octanol–water partition coefficient (Wildman–Crippen LogP) is 1.85. The van der Waals surface area contributed by atoms with Gasteiger partial charge in [0.05, 0.1) is 6.20 Å². The summed E-state index contributed by atoms with van der Waals surface area (Å²) in [6, 6.07) is 6.29. The van der Waals surface area contributed by atoms with Gasteiger partial charge in [-0.25, -0.2) is 4.39 Å².